The molecule has 0 aliphatic carbocycles. The van der Waals surface area contributed by atoms with Crippen LogP contribution in [0.5, 0.6) is 5.75 Å². The molecule has 1 amide bonds. The molecule has 1 aromatic carbocycles. The second-order valence-electron chi connectivity index (χ2n) is 5.52. The van der Waals surface area contributed by atoms with Crippen LogP contribution in [0.15, 0.2) is 43.0 Å². The van der Waals surface area contributed by atoms with Crippen molar-refractivity contribution >= 4 is 6.09 Å². The van der Waals surface area contributed by atoms with Gasteiger partial charge in [-0.15, -0.1) is 0 Å². The summed E-state index contributed by atoms with van der Waals surface area (Å²) in [6.07, 6.45) is 4.05. The molecule has 1 aliphatic rings. The number of aryl methyl sites for hydroxylation is 1. The van der Waals surface area contributed by atoms with Gasteiger partial charge in [0.2, 0.25) is 0 Å². The first kappa shape index (κ1) is 15.5. The Morgan fingerprint density at radius 3 is 2.57 bits per heavy atom. The largest absolute Gasteiger partial charge is 0.415 e. The summed E-state index contributed by atoms with van der Waals surface area (Å²) in [5.74, 6) is 0.591. The topological polar surface area (TPSA) is 63.5 Å². The number of carbonyl (C=O) groups excluding carboxylic acids is 1. The Kier molecular flexibility index (Phi) is 5.21. The lowest BCUT2D eigenvalue weighted by Gasteiger charge is -2.33. The third-order valence-electron chi connectivity index (χ3n) is 3.91. The molecule has 0 radical (unpaired) electrons. The number of benzene rings is 1. The second-order valence-corrected chi connectivity index (χ2v) is 5.52. The smallest absolute Gasteiger partial charge is 0.410 e. The minimum absolute atomic E-state index is 0.265. The molecule has 0 spiro atoms. The molecule has 0 unspecified atom stereocenters. The molecule has 1 aromatic heterocycles. The van der Waals surface area contributed by atoms with Crippen molar-refractivity contribution in [2.24, 2.45) is 0 Å². The molecular formula is C16H21N5O2. The lowest BCUT2D eigenvalue weighted by molar-refractivity contribution is 0.109. The lowest BCUT2D eigenvalue weighted by atomic mass is 10.3. The van der Waals surface area contributed by atoms with E-state index in [0.717, 1.165) is 32.6 Å². The van der Waals surface area contributed by atoms with Crippen molar-refractivity contribution in [1.29, 1.82) is 0 Å². The molecule has 0 atom stereocenters. The Hall–Kier alpha value is -2.41. The highest BCUT2D eigenvalue weighted by Crippen LogP contribution is 2.11. The van der Waals surface area contributed by atoms with E-state index < -0.39 is 0 Å². The normalized spacial score (nSPS) is 15.6. The number of amides is 1. The Morgan fingerprint density at radius 2 is 1.87 bits per heavy atom. The zero-order valence-corrected chi connectivity index (χ0v) is 13.0. The maximum atomic E-state index is 12.1. The van der Waals surface area contributed by atoms with E-state index in [-0.39, 0.29) is 6.09 Å². The van der Waals surface area contributed by atoms with Crippen LogP contribution in [-0.2, 0) is 6.54 Å². The summed E-state index contributed by atoms with van der Waals surface area (Å²) in [4.78, 5) is 20.2. The van der Waals surface area contributed by atoms with Crippen LogP contribution < -0.4 is 4.74 Å². The molecule has 2 aromatic rings. The molecule has 7 nitrogen and oxygen atoms in total. The van der Waals surface area contributed by atoms with E-state index in [1.54, 1.807) is 29.7 Å². The third-order valence-corrected chi connectivity index (χ3v) is 3.91. The fourth-order valence-corrected chi connectivity index (χ4v) is 2.61. The molecule has 0 N–H and O–H groups in total. The molecule has 3 rings (SSSR count). The average molecular weight is 315 g/mol. The highest BCUT2D eigenvalue weighted by atomic mass is 16.6. The number of aromatic nitrogens is 3. The Labute approximate surface area is 135 Å². The zero-order valence-electron chi connectivity index (χ0n) is 13.0. The molecule has 0 saturated carbocycles. The first-order chi connectivity index (χ1) is 11.3. The van der Waals surface area contributed by atoms with Gasteiger partial charge in [0.05, 0.1) is 0 Å². The molecule has 2 heterocycles. The van der Waals surface area contributed by atoms with Crippen molar-refractivity contribution < 1.29 is 9.53 Å². The van der Waals surface area contributed by atoms with Gasteiger partial charge in [-0.05, 0) is 18.6 Å². The summed E-state index contributed by atoms with van der Waals surface area (Å²) >= 11 is 0. The second kappa shape index (κ2) is 7.73. The Bertz CT molecular complexity index is 594. The number of hydrogen-bond donors (Lipinski definition) is 0. The van der Waals surface area contributed by atoms with Gasteiger partial charge in [-0.25, -0.2) is 9.78 Å². The SMILES string of the molecule is O=C(Oc1ccccc1)N1CCN(CCCn2cncn2)CC1. The van der Waals surface area contributed by atoms with E-state index in [1.165, 1.54) is 0 Å². The number of carbonyl (C=O) groups is 1. The molecule has 1 fully saturated rings. The number of nitrogens with zero attached hydrogens (tertiary/aromatic N) is 5. The van der Waals surface area contributed by atoms with E-state index in [0.29, 0.717) is 18.8 Å². The van der Waals surface area contributed by atoms with E-state index in [2.05, 4.69) is 15.0 Å². The highest BCUT2D eigenvalue weighted by molar-refractivity contribution is 5.70. The molecule has 1 aliphatic heterocycles. The average Bonchev–Trinajstić information content (AvgIpc) is 3.10. The van der Waals surface area contributed by atoms with E-state index >= 15 is 0 Å². The van der Waals surface area contributed by atoms with Gasteiger partial charge in [0, 0.05) is 39.3 Å². The van der Waals surface area contributed by atoms with E-state index in [9.17, 15) is 4.79 Å². The molecule has 7 heteroatoms. The Morgan fingerprint density at radius 1 is 1.09 bits per heavy atom. The van der Waals surface area contributed by atoms with E-state index in [4.69, 9.17) is 4.74 Å². The minimum atomic E-state index is -0.265. The van der Waals surface area contributed by atoms with Crippen molar-refractivity contribution in [2.45, 2.75) is 13.0 Å². The molecular weight excluding hydrogens is 294 g/mol. The van der Waals surface area contributed by atoms with Gasteiger partial charge in [0.15, 0.2) is 0 Å². The highest BCUT2D eigenvalue weighted by Gasteiger charge is 2.22. The zero-order chi connectivity index (χ0) is 15.9. The summed E-state index contributed by atoms with van der Waals surface area (Å²) in [6.45, 7) is 5.03. The molecule has 122 valence electrons. The maximum absolute atomic E-state index is 12.1. The number of para-hydroxylation sites is 1. The quantitative estimate of drug-likeness (QED) is 0.836. The van der Waals surface area contributed by atoms with Gasteiger partial charge in [-0.3, -0.25) is 9.58 Å². The van der Waals surface area contributed by atoms with Crippen LogP contribution in [-0.4, -0.2) is 63.4 Å². The van der Waals surface area contributed by atoms with Crippen molar-refractivity contribution in [1.82, 2.24) is 24.6 Å². The first-order valence-electron chi connectivity index (χ1n) is 7.88. The van der Waals surface area contributed by atoms with Crippen LogP contribution in [0, 0.1) is 0 Å². The summed E-state index contributed by atoms with van der Waals surface area (Å²) in [5.41, 5.74) is 0. The van der Waals surface area contributed by atoms with Crippen molar-refractivity contribution in [3.8, 4) is 5.75 Å². The molecule has 1 saturated heterocycles. The van der Waals surface area contributed by atoms with Crippen molar-refractivity contribution in [3.05, 3.63) is 43.0 Å². The first-order valence-corrected chi connectivity index (χ1v) is 7.88. The van der Waals surface area contributed by atoms with Crippen LogP contribution >= 0.6 is 0 Å². The van der Waals surface area contributed by atoms with Crippen LogP contribution in [0.1, 0.15) is 6.42 Å². The van der Waals surface area contributed by atoms with Gasteiger partial charge < -0.3 is 9.64 Å². The van der Waals surface area contributed by atoms with Crippen LogP contribution in [0.25, 0.3) is 0 Å². The van der Waals surface area contributed by atoms with Gasteiger partial charge in [0.1, 0.15) is 18.4 Å². The Balaban J connectivity index is 1.37. The van der Waals surface area contributed by atoms with Gasteiger partial charge in [-0.2, -0.15) is 5.10 Å². The minimum Gasteiger partial charge on any atom is -0.410 e. The van der Waals surface area contributed by atoms with Gasteiger partial charge in [0.25, 0.3) is 0 Å². The van der Waals surface area contributed by atoms with E-state index in [1.807, 2.05) is 22.9 Å². The number of ether oxygens (including phenoxy) is 1. The van der Waals surface area contributed by atoms with Gasteiger partial charge in [-0.1, -0.05) is 18.2 Å². The lowest BCUT2D eigenvalue weighted by Crippen LogP contribution is -2.49. The number of hydrogen-bond acceptors (Lipinski definition) is 5. The fourth-order valence-electron chi connectivity index (χ4n) is 2.61. The summed E-state index contributed by atoms with van der Waals surface area (Å²) in [5, 5.41) is 4.09. The van der Waals surface area contributed by atoms with Crippen molar-refractivity contribution in [3.63, 3.8) is 0 Å². The summed E-state index contributed by atoms with van der Waals surface area (Å²) in [7, 11) is 0. The molecule has 0 bridgehead atoms. The third kappa shape index (κ3) is 4.53. The van der Waals surface area contributed by atoms with Crippen LogP contribution in [0.4, 0.5) is 4.79 Å². The van der Waals surface area contributed by atoms with Crippen LogP contribution in [0.2, 0.25) is 0 Å². The number of rotatable bonds is 5. The molecule has 23 heavy (non-hydrogen) atoms. The predicted octanol–water partition coefficient (Wildman–Crippen LogP) is 1.48. The standard InChI is InChI=1S/C16H21N5O2/c22-16(23-15-5-2-1-3-6-15)20-11-9-19(10-12-20)7-4-8-21-14-17-13-18-21/h1-3,5-6,13-14H,4,7-12H2. The van der Waals surface area contributed by atoms with Crippen LogP contribution in [0.3, 0.4) is 0 Å². The predicted molar refractivity (Wildman–Crippen MR) is 85.1 cm³/mol. The van der Waals surface area contributed by atoms with Gasteiger partial charge >= 0.3 is 6.09 Å². The maximum Gasteiger partial charge on any atom is 0.415 e. The monoisotopic (exact) mass is 315 g/mol. The number of piperazine rings is 1. The summed E-state index contributed by atoms with van der Waals surface area (Å²) in [6, 6.07) is 9.19. The fraction of sp³-hybridized carbons (Fsp3) is 0.438. The summed E-state index contributed by atoms with van der Waals surface area (Å²) < 4.78 is 7.21. The van der Waals surface area contributed by atoms with Crippen molar-refractivity contribution in [2.75, 3.05) is 32.7 Å².